The molecule has 2 saturated heterocycles. The van der Waals surface area contributed by atoms with Crippen molar-refractivity contribution in [1.82, 2.24) is 48.2 Å². The zero-order chi connectivity index (χ0) is 88.4. The highest BCUT2D eigenvalue weighted by molar-refractivity contribution is 7.96. The first-order chi connectivity index (χ1) is 55.6. The summed E-state index contributed by atoms with van der Waals surface area (Å²) in [6, 6.07) is 1.60. The molecule has 8 heterocycles. The number of hydrogen-bond donors (Lipinski definition) is 6. The molecule has 4 aliphatic rings. The normalized spacial score (nSPS) is 20.0. The Balaban J connectivity index is 0.000000328. The summed E-state index contributed by atoms with van der Waals surface area (Å²) >= 11 is 3.04. The number of Topliss-reactive ketones (excluding diaryl/α,β-unsaturated/α-hetero) is 4. The second kappa shape index (κ2) is 43.2. The molecule has 0 saturated carbocycles. The monoisotopic (exact) mass is 1830 g/mol. The lowest BCUT2D eigenvalue weighted by atomic mass is 9.90. The van der Waals surface area contributed by atoms with Crippen LogP contribution in [0.3, 0.4) is 0 Å². The van der Waals surface area contributed by atoms with E-state index in [9.17, 15) is 81.6 Å². The van der Waals surface area contributed by atoms with Crippen LogP contribution in [0, 0.1) is 23.7 Å². The van der Waals surface area contributed by atoms with Crippen LogP contribution in [0.25, 0.3) is 0 Å². The van der Waals surface area contributed by atoms with E-state index in [0.717, 1.165) is 37.3 Å². The number of rotatable bonds is 41. The van der Waals surface area contributed by atoms with Gasteiger partial charge in [-0.05, 0) is 141 Å². The van der Waals surface area contributed by atoms with Gasteiger partial charge in [-0.15, -0.1) is 31.4 Å². The van der Waals surface area contributed by atoms with Crippen molar-refractivity contribution in [1.29, 1.82) is 0 Å². The third-order valence-corrected chi connectivity index (χ3v) is 31.9. The average molecular weight is 1830 g/mol. The van der Waals surface area contributed by atoms with Crippen molar-refractivity contribution in [2.75, 3.05) is 102 Å². The number of amides is 2. The van der Waals surface area contributed by atoms with Gasteiger partial charge >= 0.3 is 23.9 Å². The van der Waals surface area contributed by atoms with E-state index in [1.54, 1.807) is 13.8 Å². The molecule has 4 aliphatic heterocycles. The molecule has 0 bridgehead atoms. The Labute approximate surface area is 710 Å². The molecule has 2 fully saturated rings. The van der Waals surface area contributed by atoms with Gasteiger partial charge in [-0.3, -0.25) is 47.9 Å². The molecule has 0 spiro atoms. The van der Waals surface area contributed by atoms with E-state index in [-0.39, 0.29) is 83.5 Å². The van der Waals surface area contributed by atoms with Gasteiger partial charge in [0.2, 0.25) is 23.5 Å². The number of hydrogen-bond acceptors (Lipinski definition) is 40. The minimum atomic E-state index is -4.61. The highest BCUT2D eigenvalue weighted by atomic mass is 32.3. The molecular formula is C73H110N12O26S8. The number of ketones is 4. The standard InChI is InChI=1S/C37H56N6O13S4.C36H54N6O13S4/c1-9-38-27-17-21(2)59(49,50)36-26(27)18-30(57-36)60(51,52)42-34(48)23(4)31(46)22(3)32(47)24(5)55-28(44)11-10-12-29(45)56-25(19-39-37(6,7)8)20-54-35-33(40-58-41-35)43-13-15-53-16-14-43;1-9-37-26-16-20(2)58(48,49)35-25(26)17-29(56-35)59(50,51)41-33(47)22(4)30(45)21(3)31(46)23(5)54-27(43)10-11-28(44)55-24(18-38-36(6,7)8)19-53-34-32(39-57-40-34)42-12-14-52-15-13-42/h18,21-25,27,38-39H,9-17,19-20H2,1-8H3,(H,42,48);17,20-24,26,37-38H,9-16,18-19H2,1-8H3,(H,41,47)/t21-,22-,23+,24-,25-,27-;20-,21-,22+,23-,24-,26-/m00/s1. The first kappa shape index (κ1) is 98.9. The summed E-state index contributed by atoms with van der Waals surface area (Å²) in [6.07, 6.45) is -5.06. The van der Waals surface area contributed by atoms with Crippen LogP contribution in [0.2, 0.25) is 0 Å². The Hall–Kier alpha value is -7.22. The van der Waals surface area contributed by atoms with Crippen molar-refractivity contribution in [2.24, 2.45) is 23.7 Å². The van der Waals surface area contributed by atoms with Crippen LogP contribution in [0.15, 0.2) is 29.0 Å². The van der Waals surface area contributed by atoms with E-state index in [2.05, 4.69) is 38.8 Å². The molecule has 46 heteroatoms. The lowest BCUT2D eigenvalue weighted by molar-refractivity contribution is -0.159. The summed E-state index contributed by atoms with van der Waals surface area (Å²) in [5.41, 5.74) is -0.0201. The SMILES string of the molecule is CCN[C@H]1C[C@H](C)S(=O)(=O)c2sc(S(=O)(=O)NC(=O)[C@H](C)C(=O)[C@H](C)C(=O)[C@H](C)OC(=O)CCC(=O)O[C@@H](CNC(C)(C)C)COc3nsnc3N3CCOCC3)cc21.CCN[C@H]1C[C@H](C)S(=O)(=O)c2sc(S(=O)(=O)NC(=O)[C@H](C)C(=O)[C@H](C)C(=O)[C@H](C)OC(=O)CCCC(=O)O[C@@H](CNC(C)(C)C)COc3nsnc3N3CCOCC3)cc21. The Bertz CT molecular complexity index is 4720. The first-order valence-electron chi connectivity index (χ1n) is 38.9. The fourth-order valence-electron chi connectivity index (χ4n) is 12.5. The molecule has 0 aromatic carbocycles. The molecule has 12 atom stereocenters. The number of nitrogens with zero attached hydrogens (tertiary/aromatic N) is 6. The van der Waals surface area contributed by atoms with E-state index < -0.39 is 190 Å². The maximum absolute atomic E-state index is 13.2. The van der Waals surface area contributed by atoms with Crippen molar-refractivity contribution in [2.45, 2.75) is 231 Å². The molecule has 0 aliphatic carbocycles. The number of ether oxygens (including phenoxy) is 8. The van der Waals surface area contributed by atoms with Crippen LogP contribution in [-0.4, -0.2) is 248 Å². The lowest BCUT2D eigenvalue weighted by Crippen LogP contribution is -2.44. The van der Waals surface area contributed by atoms with Gasteiger partial charge in [-0.25, -0.2) is 43.1 Å². The quantitative estimate of drug-likeness (QED) is 0.0205. The van der Waals surface area contributed by atoms with E-state index >= 15 is 0 Å². The fourth-order valence-corrected chi connectivity index (χ4v) is 23.6. The van der Waals surface area contributed by atoms with Crippen molar-refractivity contribution in [3.05, 3.63) is 23.3 Å². The van der Waals surface area contributed by atoms with Crippen LogP contribution in [0.4, 0.5) is 11.6 Å². The zero-order valence-corrected chi connectivity index (χ0v) is 76.0. The molecule has 6 N–H and O–H groups in total. The maximum Gasteiger partial charge on any atom is 0.307 e. The summed E-state index contributed by atoms with van der Waals surface area (Å²) < 4.78 is 169. The van der Waals surface area contributed by atoms with Crippen LogP contribution >= 0.6 is 46.1 Å². The molecule has 0 radical (unpaired) electrons. The third kappa shape index (κ3) is 27.6. The summed E-state index contributed by atoms with van der Waals surface area (Å²) in [5.74, 6) is -13.4. The number of thiophene rings is 2. The number of esters is 4. The summed E-state index contributed by atoms with van der Waals surface area (Å²) in [6.45, 7) is 31.8. The smallest absolute Gasteiger partial charge is 0.307 e. The maximum atomic E-state index is 13.2. The molecule has 2 amide bonds. The number of carbonyl (C=O) groups is 10. The summed E-state index contributed by atoms with van der Waals surface area (Å²) in [5, 5.41) is 11.3. The Morgan fingerprint density at radius 1 is 0.504 bits per heavy atom. The van der Waals surface area contributed by atoms with Crippen LogP contribution in [-0.2, 0) is 116 Å². The number of aromatic nitrogens is 4. The van der Waals surface area contributed by atoms with Gasteiger partial charge in [-0.2, -0.15) is 8.75 Å². The second-order valence-corrected chi connectivity index (χ2v) is 43.3. The number of fused-ring (bicyclic) bond motifs is 2. The van der Waals surface area contributed by atoms with Gasteiger partial charge in [0.15, 0.2) is 55.0 Å². The first-order valence-corrected chi connectivity index (χ1v) is 48.1. The molecule has 119 heavy (non-hydrogen) atoms. The van der Waals surface area contributed by atoms with E-state index in [4.69, 9.17) is 37.9 Å². The highest BCUT2D eigenvalue weighted by Crippen LogP contribution is 2.45. The van der Waals surface area contributed by atoms with Gasteiger partial charge in [0.25, 0.3) is 31.8 Å². The summed E-state index contributed by atoms with van der Waals surface area (Å²) in [4.78, 5) is 134. The predicted molar refractivity (Wildman–Crippen MR) is 438 cm³/mol. The molecule has 38 nitrogen and oxygen atoms in total. The van der Waals surface area contributed by atoms with Gasteiger partial charge in [-0.1, -0.05) is 13.8 Å². The zero-order valence-electron chi connectivity index (χ0n) is 69.5. The van der Waals surface area contributed by atoms with Crippen LogP contribution in [0.1, 0.15) is 179 Å². The molecule has 8 rings (SSSR count). The molecular weight excluding hydrogens is 1720 g/mol. The number of carbonyl (C=O) groups excluding carboxylic acids is 10. The van der Waals surface area contributed by atoms with E-state index in [1.807, 2.05) is 74.6 Å². The minimum Gasteiger partial charge on any atom is -0.470 e. The van der Waals surface area contributed by atoms with Gasteiger partial charge in [0, 0.05) is 86.4 Å². The van der Waals surface area contributed by atoms with E-state index in [1.165, 1.54) is 39.8 Å². The van der Waals surface area contributed by atoms with Crippen molar-refractivity contribution < 1.29 is 120 Å². The number of sulfone groups is 2. The van der Waals surface area contributed by atoms with Gasteiger partial charge in [0.1, 0.15) is 42.3 Å². The molecule has 4 aromatic rings. The fraction of sp³-hybridized carbons (Fsp3) is 0.699. The predicted octanol–water partition coefficient (Wildman–Crippen LogP) is 4.31. The van der Waals surface area contributed by atoms with Crippen molar-refractivity contribution >= 4 is 156 Å². The van der Waals surface area contributed by atoms with E-state index in [0.29, 0.717) is 117 Å². The third-order valence-electron chi connectivity index (χ3n) is 19.5. The largest absolute Gasteiger partial charge is 0.470 e. The van der Waals surface area contributed by atoms with Crippen LogP contribution < -0.4 is 50.0 Å². The average Bonchev–Trinajstić information content (AvgIpc) is 1.60. The highest BCUT2D eigenvalue weighted by Gasteiger charge is 2.44. The Morgan fingerprint density at radius 3 is 1.18 bits per heavy atom. The lowest BCUT2D eigenvalue weighted by Gasteiger charge is -2.27. The Morgan fingerprint density at radius 2 is 0.840 bits per heavy atom. The topological polar surface area (TPSA) is 511 Å². The molecule has 0 unspecified atom stereocenters. The Kier molecular flexibility index (Phi) is 35.9. The molecule has 4 aromatic heterocycles. The van der Waals surface area contributed by atoms with Gasteiger partial charge < -0.3 is 69.0 Å². The number of morpholine rings is 2. The van der Waals surface area contributed by atoms with Crippen molar-refractivity contribution in [3.8, 4) is 11.8 Å². The van der Waals surface area contributed by atoms with Crippen LogP contribution in [0.5, 0.6) is 11.8 Å². The minimum absolute atomic E-state index is 0.00814. The number of anilines is 2. The second-order valence-electron chi connectivity index (χ2n) is 31.2. The number of nitrogens with one attached hydrogen (secondary N) is 6. The van der Waals surface area contributed by atoms with Crippen molar-refractivity contribution in [3.63, 3.8) is 0 Å². The molecule has 666 valence electrons. The van der Waals surface area contributed by atoms with Gasteiger partial charge in [0.05, 0.1) is 96.9 Å². The summed E-state index contributed by atoms with van der Waals surface area (Å²) in [7, 11) is -16.8. The number of sulfonamides is 2.